The van der Waals surface area contributed by atoms with Gasteiger partial charge in [-0.3, -0.25) is 14.4 Å². The molecule has 1 unspecified atom stereocenters. The maximum absolute atomic E-state index is 12.8. The standard InChI is InChI=1S/C65H108O6/c1-4-7-10-13-16-19-22-24-26-28-30-31-32-33-34-35-36-38-39-41-43-46-49-52-55-58-64(67)70-61-62(60-69-63(66)57-54-51-48-45-21-18-15-12-9-6-3)71-65(68)59-56-53-50-47-44-42-40-37-29-27-25-23-20-17-14-11-8-5-2/h7,10,16,19-20,23-24,26-27,29-31,33-34,36,38,41,43,62H,4-6,8-9,11-15,17-18,21-22,25,28,32,35,37,39-40,42,44-61H2,1-3H3/b10-7-,19-16-,23-20-,26-24-,29-27-,31-30-,34-33-,38-36-,43-41-. The zero-order valence-corrected chi connectivity index (χ0v) is 46.2. The van der Waals surface area contributed by atoms with E-state index in [1.807, 2.05) is 0 Å². The molecule has 0 radical (unpaired) electrons. The van der Waals surface area contributed by atoms with Crippen LogP contribution in [0, 0.1) is 0 Å². The Morgan fingerprint density at radius 1 is 0.296 bits per heavy atom. The average Bonchev–Trinajstić information content (AvgIpc) is 3.37. The van der Waals surface area contributed by atoms with Crippen molar-refractivity contribution >= 4 is 17.9 Å². The second-order valence-corrected chi connectivity index (χ2v) is 19.2. The molecule has 0 rings (SSSR count). The van der Waals surface area contributed by atoms with Crippen molar-refractivity contribution in [2.75, 3.05) is 13.2 Å². The molecular formula is C65H108O6. The Labute approximate surface area is 438 Å². The second kappa shape index (κ2) is 58.6. The minimum atomic E-state index is -0.796. The molecule has 6 heteroatoms. The summed E-state index contributed by atoms with van der Waals surface area (Å²) in [6.45, 7) is 6.47. The fraction of sp³-hybridized carbons (Fsp3) is 0.677. The topological polar surface area (TPSA) is 78.9 Å². The summed E-state index contributed by atoms with van der Waals surface area (Å²) in [6.07, 6.45) is 79.4. The van der Waals surface area contributed by atoms with Gasteiger partial charge in [-0.25, -0.2) is 0 Å². The SMILES string of the molecule is CC/C=C\C/C=C\C/C=C\C/C=C\C/C=C\C/C=C\C/C=C\CCCCCC(=O)OCC(COC(=O)CCCCCCCCCCCC)OC(=O)CCCCCCCCC/C=C\C/C=C\CCCCCC. The Morgan fingerprint density at radius 3 is 0.887 bits per heavy atom. The largest absolute Gasteiger partial charge is 0.462 e. The molecule has 0 heterocycles. The molecule has 0 aromatic carbocycles. The summed E-state index contributed by atoms with van der Waals surface area (Å²) in [5, 5.41) is 0. The highest BCUT2D eigenvalue weighted by Crippen LogP contribution is 2.14. The molecule has 6 nitrogen and oxygen atoms in total. The van der Waals surface area contributed by atoms with Crippen LogP contribution in [0.2, 0.25) is 0 Å². The summed E-state index contributed by atoms with van der Waals surface area (Å²) in [6, 6.07) is 0. The van der Waals surface area contributed by atoms with Crippen molar-refractivity contribution in [3.05, 3.63) is 109 Å². The number of carbonyl (C=O) groups is 3. The fourth-order valence-corrected chi connectivity index (χ4v) is 7.86. The van der Waals surface area contributed by atoms with E-state index in [1.54, 1.807) is 0 Å². The summed E-state index contributed by atoms with van der Waals surface area (Å²) < 4.78 is 16.8. The third-order valence-electron chi connectivity index (χ3n) is 12.3. The van der Waals surface area contributed by atoms with E-state index in [0.29, 0.717) is 19.3 Å². The van der Waals surface area contributed by atoms with E-state index in [9.17, 15) is 14.4 Å². The highest BCUT2D eigenvalue weighted by atomic mass is 16.6. The second-order valence-electron chi connectivity index (χ2n) is 19.2. The van der Waals surface area contributed by atoms with E-state index in [2.05, 4.69) is 130 Å². The van der Waals surface area contributed by atoms with Crippen molar-refractivity contribution in [1.82, 2.24) is 0 Å². The van der Waals surface area contributed by atoms with Crippen molar-refractivity contribution in [1.29, 1.82) is 0 Å². The minimum Gasteiger partial charge on any atom is -0.462 e. The van der Waals surface area contributed by atoms with Crippen molar-refractivity contribution < 1.29 is 28.6 Å². The first kappa shape index (κ1) is 67.1. The zero-order valence-electron chi connectivity index (χ0n) is 46.2. The monoisotopic (exact) mass is 985 g/mol. The van der Waals surface area contributed by atoms with Gasteiger partial charge in [0, 0.05) is 19.3 Å². The lowest BCUT2D eigenvalue weighted by atomic mass is 10.1. The highest BCUT2D eigenvalue weighted by Gasteiger charge is 2.19. The predicted molar refractivity (Wildman–Crippen MR) is 307 cm³/mol. The van der Waals surface area contributed by atoms with Gasteiger partial charge >= 0.3 is 17.9 Å². The first-order chi connectivity index (χ1) is 35.0. The molecule has 0 aromatic rings. The van der Waals surface area contributed by atoms with E-state index < -0.39 is 6.10 Å². The quantitative estimate of drug-likeness (QED) is 0.0261. The number of unbranched alkanes of at least 4 members (excludes halogenated alkanes) is 23. The summed E-state index contributed by atoms with van der Waals surface area (Å²) >= 11 is 0. The number of allylic oxidation sites excluding steroid dienone is 18. The summed E-state index contributed by atoms with van der Waals surface area (Å²) in [4.78, 5) is 38.1. The Hall–Kier alpha value is -3.93. The normalized spacial score (nSPS) is 12.9. The average molecular weight is 986 g/mol. The van der Waals surface area contributed by atoms with Gasteiger partial charge < -0.3 is 14.2 Å². The van der Waals surface area contributed by atoms with Crippen LogP contribution in [0.15, 0.2) is 109 Å². The van der Waals surface area contributed by atoms with Gasteiger partial charge in [0.05, 0.1) is 0 Å². The van der Waals surface area contributed by atoms with Crippen molar-refractivity contribution in [2.45, 2.75) is 271 Å². The maximum atomic E-state index is 12.8. The van der Waals surface area contributed by atoms with Crippen LogP contribution in [-0.2, 0) is 28.6 Å². The van der Waals surface area contributed by atoms with Gasteiger partial charge in [-0.2, -0.15) is 0 Å². The first-order valence-corrected chi connectivity index (χ1v) is 29.4. The predicted octanol–water partition coefficient (Wildman–Crippen LogP) is 19.9. The van der Waals surface area contributed by atoms with Gasteiger partial charge in [-0.15, -0.1) is 0 Å². The molecule has 0 N–H and O–H groups in total. The van der Waals surface area contributed by atoms with Gasteiger partial charge in [0.1, 0.15) is 13.2 Å². The molecule has 0 amide bonds. The molecule has 0 bridgehead atoms. The lowest BCUT2D eigenvalue weighted by molar-refractivity contribution is -0.167. The molecule has 0 saturated carbocycles. The first-order valence-electron chi connectivity index (χ1n) is 29.4. The Morgan fingerprint density at radius 2 is 0.549 bits per heavy atom. The van der Waals surface area contributed by atoms with Crippen LogP contribution in [-0.4, -0.2) is 37.2 Å². The smallest absolute Gasteiger partial charge is 0.306 e. The number of rotatable bonds is 52. The van der Waals surface area contributed by atoms with Crippen LogP contribution in [0.1, 0.15) is 265 Å². The number of carbonyl (C=O) groups excluding carboxylic acids is 3. The summed E-state index contributed by atoms with van der Waals surface area (Å²) in [5.41, 5.74) is 0. The molecule has 0 aliphatic rings. The number of hydrogen-bond donors (Lipinski definition) is 0. The van der Waals surface area contributed by atoms with E-state index in [1.165, 1.54) is 103 Å². The van der Waals surface area contributed by atoms with Gasteiger partial charge in [0.2, 0.25) is 0 Å². The maximum Gasteiger partial charge on any atom is 0.306 e. The van der Waals surface area contributed by atoms with Gasteiger partial charge in [0.25, 0.3) is 0 Å². The van der Waals surface area contributed by atoms with E-state index in [0.717, 1.165) is 122 Å². The van der Waals surface area contributed by atoms with Crippen LogP contribution < -0.4 is 0 Å². The van der Waals surface area contributed by atoms with Crippen LogP contribution in [0.3, 0.4) is 0 Å². The molecule has 0 aliphatic heterocycles. The molecule has 0 aromatic heterocycles. The van der Waals surface area contributed by atoms with Gasteiger partial charge in [-0.1, -0.05) is 246 Å². The Balaban J connectivity index is 4.39. The minimum absolute atomic E-state index is 0.0917. The van der Waals surface area contributed by atoms with Crippen molar-refractivity contribution in [3.63, 3.8) is 0 Å². The number of esters is 3. The zero-order chi connectivity index (χ0) is 51.4. The highest BCUT2D eigenvalue weighted by molar-refractivity contribution is 5.71. The van der Waals surface area contributed by atoms with Crippen LogP contribution in [0.4, 0.5) is 0 Å². The molecule has 0 saturated heterocycles. The molecule has 0 aliphatic carbocycles. The molecule has 71 heavy (non-hydrogen) atoms. The van der Waals surface area contributed by atoms with Crippen LogP contribution in [0.25, 0.3) is 0 Å². The third-order valence-corrected chi connectivity index (χ3v) is 12.3. The lowest BCUT2D eigenvalue weighted by Gasteiger charge is -2.18. The molecule has 1 atom stereocenters. The molecule has 0 spiro atoms. The van der Waals surface area contributed by atoms with E-state index >= 15 is 0 Å². The van der Waals surface area contributed by atoms with Gasteiger partial charge in [0.15, 0.2) is 6.10 Å². The van der Waals surface area contributed by atoms with Crippen molar-refractivity contribution in [3.8, 4) is 0 Å². The third kappa shape index (κ3) is 56.9. The molecule has 404 valence electrons. The van der Waals surface area contributed by atoms with E-state index in [-0.39, 0.29) is 31.1 Å². The number of hydrogen-bond acceptors (Lipinski definition) is 6. The van der Waals surface area contributed by atoms with E-state index in [4.69, 9.17) is 14.2 Å². The molecule has 0 fully saturated rings. The number of ether oxygens (including phenoxy) is 3. The Kier molecular flexibility index (Phi) is 55.4. The summed E-state index contributed by atoms with van der Waals surface area (Å²) in [7, 11) is 0. The fourth-order valence-electron chi connectivity index (χ4n) is 7.86. The lowest BCUT2D eigenvalue weighted by Crippen LogP contribution is -2.30. The molecular weight excluding hydrogens is 877 g/mol. The Bertz CT molecular complexity index is 1460. The van der Waals surface area contributed by atoms with Crippen LogP contribution in [0.5, 0.6) is 0 Å². The van der Waals surface area contributed by atoms with Gasteiger partial charge in [-0.05, 0) is 109 Å². The summed E-state index contributed by atoms with van der Waals surface area (Å²) in [5.74, 6) is -0.934. The van der Waals surface area contributed by atoms with Crippen molar-refractivity contribution in [2.24, 2.45) is 0 Å². The van der Waals surface area contributed by atoms with Crippen LogP contribution >= 0.6 is 0 Å².